The Morgan fingerprint density at radius 1 is 1.21 bits per heavy atom. The van der Waals surface area contributed by atoms with E-state index in [1.807, 2.05) is 12.1 Å². The van der Waals surface area contributed by atoms with Gasteiger partial charge in [-0.05, 0) is 11.5 Å². The topological polar surface area (TPSA) is 59.4 Å². The number of rotatable bonds is 1. The van der Waals surface area contributed by atoms with Gasteiger partial charge in [-0.3, -0.25) is 9.78 Å². The molecule has 1 heterocycles. The third-order valence-electron chi connectivity index (χ3n) is 1.96. The fourth-order valence-electron chi connectivity index (χ4n) is 1.33. The molecule has 2 rings (SSSR count). The molecule has 0 aliphatic carbocycles. The number of hydrogen-bond donors (Lipinski definition) is 0. The van der Waals surface area contributed by atoms with Crippen molar-refractivity contribution in [2.24, 2.45) is 5.18 Å². The molecule has 0 radical (unpaired) electrons. The Hall–Kier alpha value is -2.10. The lowest BCUT2D eigenvalue weighted by Crippen LogP contribution is -1.98. The normalized spacial score (nSPS) is 10.0. The fourth-order valence-corrected chi connectivity index (χ4v) is 1.33. The van der Waals surface area contributed by atoms with Crippen LogP contribution in [-0.4, -0.2) is 10.9 Å². The lowest BCUT2D eigenvalue weighted by atomic mass is 10.1. The van der Waals surface area contributed by atoms with Gasteiger partial charge in [0.05, 0.1) is 0 Å². The third kappa shape index (κ3) is 1.26. The van der Waals surface area contributed by atoms with Crippen LogP contribution in [0.3, 0.4) is 0 Å². The number of hydrogen-bond acceptors (Lipinski definition) is 3. The van der Waals surface area contributed by atoms with E-state index in [4.69, 9.17) is 0 Å². The summed E-state index contributed by atoms with van der Waals surface area (Å²) in [5, 5.41) is 3.88. The molecule has 1 amide bonds. The van der Waals surface area contributed by atoms with Crippen molar-refractivity contribution in [3.05, 3.63) is 47.1 Å². The zero-order chi connectivity index (χ0) is 9.97. The molecule has 14 heavy (non-hydrogen) atoms. The van der Waals surface area contributed by atoms with E-state index in [2.05, 4.69) is 10.2 Å². The van der Waals surface area contributed by atoms with Gasteiger partial charge >= 0.3 is 5.91 Å². The van der Waals surface area contributed by atoms with Crippen molar-refractivity contribution >= 4 is 16.7 Å². The highest BCUT2D eigenvalue weighted by Gasteiger charge is 2.10. The summed E-state index contributed by atoms with van der Waals surface area (Å²) < 4.78 is 0. The largest absolute Gasteiger partial charge is 0.335 e. The molecule has 0 atom stereocenters. The molecular formula is C10H6N2O2. The van der Waals surface area contributed by atoms with E-state index in [-0.39, 0.29) is 5.69 Å². The molecular weight excluding hydrogens is 180 g/mol. The highest BCUT2D eigenvalue weighted by Crippen LogP contribution is 2.16. The van der Waals surface area contributed by atoms with E-state index in [1.165, 1.54) is 6.20 Å². The first-order valence-corrected chi connectivity index (χ1v) is 4.04. The predicted molar refractivity (Wildman–Crippen MR) is 51.9 cm³/mol. The molecule has 0 saturated carbocycles. The maximum Gasteiger partial charge on any atom is 0.335 e. The average Bonchev–Trinajstić information content (AvgIpc) is 2.27. The smallest absolute Gasteiger partial charge is 0.261 e. The maximum atomic E-state index is 11.1. The number of carbonyl (C=O) groups excluding carboxylic acids is 1. The van der Waals surface area contributed by atoms with Crippen molar-refractivity contribution in [2.45, 2.75) is 0 Å². The summed E-state index contributed by atoms with van der Waals surface area (Å²) in [6.07, 6.45) is 1.49. The molecule has 4 nitrogen and oxygen atoms in total. The van der Waals surface area contributed by atoms with Gasteiger partial charge in [0.15, 0.2) is 0 Å². The number of aromatic nitrogens is 1. The van der Waals surface area contributed by atoms with Gasteiger partial charge in [-0.1, -0.05) is 24.3 Å². The number of benzene rings is 1. The molecule has 0 saturated heterocycles. The Morgan fingerprint density at radius 2 is 2.00 bits per heavy atom. The summed E-state index contributed by atoms with van der Waals surface area (Å²) in [4.78, 5) is 25.0. The van der Waals surface area contributed by atoms with Gasteiger partial charge in [-0.15, -0.1) is 4.91 Å². The number of pyridine rings is 1. The summed E-state index contributed by atoms with van der Waals surface area (Å²) in [6.45, 7) is 0. The minimum atomic E-state index is -0.832. The highest BCUT2D eigenvalue weighted by molar-refractivity contribution is 6.05. The summed E-state index contributed by atoms with van der Waals surface area (Å²) in [7, 11) is 0. The van der Waals surface area contributed by atoms with E-state index < -0.39 is 5.91 Å². The lowest BCUT2D eigenvalue weighted by Gasteiger charge is -1.99. The summed E-state index contributed by atoms with van der Waals surface area (Å²) >= 11 is 0. The van der Waals surface area contributed by atoms with Crippen molar-refractivity contribution in [3.63, 3.8) is 0 Å². The van der Waals surface area contributed by atoms with Crippen molar-refractivity contribution in [2.75, 3.05) is 0 Å². The second-order valence-electron chi connectivity index (χ2n) is 2.78. The van der Waals surface area contributed by atoms with Crippen LogP contribution in [0, 0.1) is 4.91 Å². The summed E-state index contributed by atoms with van der Waals surface area (Å²) in [5.74, 6) is -0.832. The summed E-state index contributed by atoms with van der Waals surface area (Å²) in [5.41, 5.74) is 0.109. The SMILES string of the molecule is O=NC(=O)c1nccc2ccccc12. The van der Waals surface area contributed by atoms with E-state index in [1.54, 1.807) is 18.2 Å². The third-order valence-corrected chi connectivity index (χ3v) is 1.96. The van der Waals surface area contributed by atoms with Crippen LogP contribution in [0.2, 0.25) is 0 Å². The second-order valence-corrected chi connectivity index (χ2v) is 2.78. The van der Waals surface area contributed by atoms with Gasteiger partial charge in [-0.2, -0.15) is 0 Å². The van der Waals surface area contributed by atoms with Crippen molar-refractivity contribution in [1.29, 1.82) is 0 Å². The number of carbonyl (C=O) groups is 1. The first-order valence-electron chi connectivity index (χ1n) is 4.04. The van der Waals surface area contributed by atoms with Crippen LogP contribution >= 0.6 is 0 Å². The van der Waals surface area contributed by atoms with Crippen LogP contribution in [0.15, 0.2) is 41.7 Å². The van der Waals surface area contributed by atoms with Gasteiger partial charge in [0.25, 0.3) is 0 Å². The van der Waals surface area contributed by atoms with Gasteiger partial charge in [0.2, 0.25) is 0 Å². The van der Waals surface area contributed by atoms with Crippen LogP contribution < -0.4 is 0 Å². The molecule has 68 valence electrons. The van der Waals surface area contributed by atoms with Crippen molar-refractivity contribution < 1.29 is 4.79 Å². The van der Waals surface area contributed by atoms with Gasteiger partial charge < -0.3 is 0 Å². The Bertz CT molecular complexity index is 503. The summed E-state index contributed by atoms with van der Waals surface area (Å²) in [6, 6.07) is 8.99. The van der Waals surface area contributed by atoms with Crippen LogP contribution in [0.4, 0.5) is 0 Å². The number of amides is 1. The molecule has 0 aliphatic heterocycles. The van der Waals surface area contributed by atoms with Crippen molar-refractivity contribution in [3.8, 4) is 0 Å². The van der Waals surface area contributed by atoms with Gasteiger partial charge in [0, 0.05) is 16.8 Å². The Kier molecular flexibility index (Phi) is 2.02. The monoisotopic (exact) mass is 186 g/mol. The van der Waals surface area contributed by atoms with E-state index in [0.29, 0.717) is 5.39 Å². The average molecular weight is 186 g/mol. The predicted octanol–water partition coefficient (Wildman–Crippen LogP) is 2.14. The van der Waals surface area contributed by atoms with Crippen LogP contribution in [0.25, 0.3) is 10.8 Å². The quantitative estimate of drug-likeness (QED) is 0.641. The fraction of sp³-hybridized carbons (Fsp3) is 0. The zero-order valence-electron chi connectivity index (χ0n) is 7.18. The minimum Gasteiger partial charge on any atom is -0.261 e. The van der Waals surface area contributed by atoms with Crippen LogP contribution in [-0.2, 0) is 0 Å². The molecule has 0 unspecified atom stereocenters. The molecule has 0 fully saturated rings. The molecule has 1 aromatic carbocycles. The molecule has 2 aromatic rings. The molecule has 0 spiro atoms. The maximum absolute atomic E-state index is 11.1. The van der Waals surface area contributed by atoms with Gasteiger partial charge in [0.1, 0.15) is 5.69 Å². The molecule has 0 N–H and O–H groups in total. The van der Waals surface area contributed by atoms with Gasteiger partial charge in [-0.25, -0.2) is 0 Å². The molecule has 1 aromatic heterocycles. The van der Waals surface area contributed by atoms with E-state index >= 15 is 0 Å². The first-order chi connectivity index (χ1) is 6.83. The van der Waals surface area contributed by atoms with Crippen molar-refractivity contribution in [1.82, 2.24) is 4.98 Å². The number of nitroso groups, excluding NO2 is 1. The number of fused-ring (bicyclic) bond motifs is 1. The highest BCUT2D eigenvalue weighted by atomic mass is 16.3. The first kappa shape index (κ1) is 8.50. The second kappa shape index (κ2) is 3.33. The Morgan fingerprint density at radius 3 is 2.79 bits per heavy atom. The van der Waals surface area contributed by atoms with E-state index in [0.717, 1.165) is 5.39 Å². The number of nitrogens with zero attached hydrogens (tertiary/aromatic N) is 2. The molecule has 0 aliphatic rings. The minimum absolute atomic E-state index is 0.109. The Balaban J connectivity index is 2.77. The molecule has 4 heteroatoms. The Labute approximate surface area is 79.6 Å². The van der Waals surface area contributed by atoms with Crippen LogP contribution in [0.5, 0.6) is 0 Å². The lowest BCUT2D eigenvalue weighted by molar-refractivity contribution is 0.0998. The van der Waals surface area contributed by atoms with Crippen LogP contribution in [0.1, 0.15) is 10.5 Å². The zero-order valence-corrected chi connectivity index (χ0v) is 7.18. The standard InChI is InChI=1S/C10H6N2O2/c13-10(12-14)9-8-4-2-1-3-7(8)5-6-11-9/h1-6H. The van der Waals surface area contributed by atoms with E-state index in [9.17, 15) is 9.70 Å². The molecule has 0 bridgehead atoms.